The van der Waals surface area contributed by atoms with Gasteiger partial charge in [0.15, 0.2) is 11.5 Å². The van der Waals surface area contributed by atoms with Crippen molar-refractivity contribution in [2.75, 3.05) is 31.1 Å². The largest absolute Gasteiger partial charge is 0.493 e. The molecule has 0 fully saturated rings. The molecule has 3 rings (SSSR count). The third kappa shape index (κ3) is 5.84. The van der Waals surface area contributed by atoms with E-state index in [9.17, 15) is 13.2 Å². The Kier molecular flexibility index (Phi) is 7.95. The second-order valence-electron chi connectivity index (χ2n) is 7.39. The Morgan fingerprint density at radius 1 is 0.909 bits per heavy atom. The van der Waals surface area contributed by atoms with Crippen molar-refractivity contribution >= 4 is 21.6 Å². The fraction of sp³-hybridized carbons (Fsp3) is 0.240. The fourth-order valence-corrected chi connectivity index (χ4v) is 4.80. The number of hydrogen-bond donors (Lipinski definition) is 1. The number of benzene rings is 3. The minimum atomic E-state index is -3.95. The number of methoxy groups -OCH3 is 1. The van der Waals surface area contributed by atoms with Crippen LogP contribution < -0.4 is 19.1 Å². The Labute approximate surface area is 195 Å². The molecule has 0 saturated carbocycles. The van der Waals surface area contributed by atoms with Crippen molar-refractivity contribution in [1.29, 1.82) is 0 Å². The summed E-state index contributed by atoms with van der Waals surface area (Å²) in [5.41, 5.74) is 2.20. The molecule has 0 atom stereocenters. The summed E-state index contributed by atoms with van der Waals surface area (Å²) in [7, 11) is -2.39. The number of anilines is 1. The SMILES string of the molecule is COc1ccccc1OCCNC(=O)CN(c1cccc(C)c1C)S(=O)(=O)c1ccccc1. The molecule has 3 aromatic rings. The van der Waals surface area contributed by atoms with Crippen LogP contribution in [0.15, 0.2) is 77.7 Å². The quantitative estimate of drug-likeness (QED) is 0.459. The van der Waals surface area contributed by atoms with Gasteiger partial charge in [-0.3, -0.25) is 9.10 Å². The number of aryl methyl sites for hydroxylation is 1. The molecule has 0 bridgehead atoms. The monoisotopic (exact) mass is 468 g/mol. The van der Waals surface area contributed by atoms with E-state index in [0.717, 1.165) is 15.4 Å². The summed E-state index contributed by atoms with van der Waals surface area (Å²) in [4.78, 5) is 12.9. The van der Waals surface area contributed by atoms with Crippen LogP contribution >= 0.6 is 0 Å². The minimum absolute atomic E-state index is 0.123. The molecule has 0 unspecified atom stereocenters. The summed E-state index contributed by atoms with van der Waals surface area (Å²) in [5, 5.41) is 2.74. The van der Waals surface area contributed by atoms with Crippen molar-refractivity contribution in [2.45, 2.75) is 18.7 Å². The van der Waals surface area contributed by atoms with Gasteiger partial charge in [-0.05, 0) is 55.3 Å². The van der Waals surface area contributed by atoms with Crippen molar-refractivity contribution in [3.63, 3.8) is 0 Å². The highest BCUT2D eigenvalue weighted by Crippen LogP contribution is 2.28. The Hall–Kier alpha value is -3.52. The average Bonchev–Trinajstić information content (AvgIpc) is 2.83. The summed E-state index contributed by atoms with van der Waals surface area (Å²) >= 11 is 0. The Balaban J connectivity index is 1.73. The smallest absolute Gasteiger partial charge is 0.264 e. The molecule has 7 nitrogen and oxygen atoms in total. The minimum Gasteiger partial charge on any atom is -0.493 e. The van der Waals surface area contributed by atoms with E-state index in [-0.39, 0.29) is 24.6 Å². The van der Waals surface area contributed by atoms with Crippen LogP contribution in [0.1, 0.15) is 11.1 Å². The van der Waals surface area contributed by atoms with E-state index in [0.29, 0.717) is 17.2 Å². The first-order valence-electron chi connectivity index (χ1n) is 10.5. The molecular formula is C25H28N2O5S. The van der Waals surface area contributed by atoms with E-state index < -0.39 is 15.9 Å². The second-order valence-corrected chi connectivity index (χ2v) is 9.26. The van der Waals surface area contributed by atoms with E-state index in [1.54, 1.807) is 49.6 Å². The molecule has 0 aliphatic carbocycles. The van der Waals surface area contributed by atoms with Crippen molar-refractivity contribution in [1.82, 2.24) is 5.32 Å². The van der Waals surface area contributed by atoms with Gasteiger partial charge in [0.25, 0.3) is 10.0 Å². The molecule has 0 radical (unpaired) electrons. The van der Waals surface area contributed by atoms with Gasteiger partial charge in [0.1, 0.15) is 13.2 Å². The molecule has 8 heteroatoms. The summed E-state index contributed by atoms with van der Waals surface area (Å²) in [6, 6.07) is 20.7. The number of hydrogen-bond acceptors (Lipinski definition) is 5. The average molecular weight is 469 g/mol. The highest BCUT2D eigenvalue weighted by molar-refractivity contribution is 7.92. The summed E-state index contributed by atoms with van der Waals surface area (Å²) < 4.78 is 38.9. The molecule has 174 valence electrons. The second kappa shape index (κ2) is 10.9. The summed E-state index contributed by atoms with van der Waals surface area (Å²) in [6.07, 6.45) is 0. The van der Waals surface area contributed by atoms with Crippen LogP contribution in [0.2, 0.25) is 0 Å². The van der Waals surface area contributed by atoms with Gasteiger partial charge in [0.2, 0.25) is 5.91 Å². The molecule has 0 heterocycles. The lowest BCUT2D eigenvalue weighted by atomic mass is 10.1. The molecule has 3 aromatic carbocycles. The van der Waals surface area contributed by atoms with Gasteiger partial charge < -0.3 is 14.8 Å². The predicted octanol–water partition coefficient (Wildman–Crippen LogP) is 3.70. The van der Waals surface area contributed by atoms with E-state index in [2.05, 4.69) is 5.32 Å². The van der Waals surface area contributed by atoms with Gasteiger partial charge in [0, 0.05) is 0 Å². The lowest BCUT2D eigenvalue weighted by Gasteiger charge is -2.26. The molecule has 0 aliphatic rings. The van der Waals surface area contributed by atoms with Gasteiger partial charge in [-0.2, -0.15) is 0 Å². The maximum Gasteiger partial charge on any atom is 0.264 e. The van der Waals surface area contributed by atoms with Crippen LogP contribution in [0.4, 0.5) is 5.69 Å². The molecule has 0 saturated heterocycles. The molecular weight excluding hydrogens is 440 g/mol. The van der Waals surface area contributed by atoms with Crippen LogP contribution in [0.3, 0.4) is 0 Å². The Morgan fingerprint density at radius 3 is 2.27 bits per heavy atom. The third-order valence-corrected chi connectivity index (χ3v) is 6.99. The van der Waals surface area contributed by atoms with Gasteiger partial charge in [0.05, 0.1) is 24.2 Å². The van der Waals surface area contributed by atoms with E-state index >= 15 is 0 Å². The number of rotatable bonds is 10. The maximum atomic E-state index is 13.4. The van der Waals surface area contributed by atoms with Crippen LogP contribution in [0, 0.1) is 13.8 Å². The molecule has 1 amide bonds. The lowest BCUT2D eigenvalue weighted by molar-refractivity contribution is -0.119. The van der Waals surface area contributed by atoms with Gasteiger partial charge in [-0.15, -0.1) is 0 Å². The van der Waals surface area contributed by atoms with E-state index in [1.807, 2.05) is 32.0 Å². The summed E-state index contributed by atoms with van der Waals surface area (Å²) in [6.45, 7) is 3.82. The molecule has 33 heavy (non-hydrogen) atoms. The van der Waals surface area contributed by atoms with Gasteiger partial charge in [-0.25, -0.2) is 8.42 Å². The molecule has 0 aromatic heterocycles. The van der Waals surface area contributed by atoms with E-state index in [4.69, 9.17) is 9.47 Å². The van der Waals surface area contributed by atoms with Crippen LogP contribution in [-0.4, -0.2) is 41.1 Å². The fourth-order valence-electron chi connectivity index (χ4n) is 3.30. The van der Waals surface area contributed by atoms with Gasteiger partial charge >= 0.3 is 0 Å². The van der Waals surface area contributed by atoms with Crippen molar-refractivity contribution in [3.05, 3.63) is 83.9 Å². The van der Waals surface area contributed by atoms with Gasteiger partial charge in [-0.1, -0.05) is 42.5 Å². The topological polar surface area (TPSA) is 84.9 Å². The van der Waals surface area contributed by atoms with Crippen molar-refractivity contribution in [2.24, 2.45) is 0 Å². The zero-order chi connectivity index (χ0) is 23.8. The Bertz CT molecular complexity index is 1200. The maximum absolute atomic E-state index is 13.4. The first-order chi connectivity index (χ1) is 15.8. The number of carbonyl (C=O) groups excluding carboxylic acids is 1. The number of ether oxygens (including phenoxy) is 2. The highest BCUT2D eigenvalue weighted by atomic mass is 32.2. The zero-order valence-corrected chi connectivity index (χ0v) is 19.8. The van der Waals surface area contributed by atoms with E-state index in [1.165, 1.54) is 12.1 Å². The summed E-state index contributed by atoms with van der Waals surface area (Å²) in [5.74, 6) is 0.732. The van der Waals surface area contributed by atoms with Crippen LogP contribution in [0.25, 0.3) is 0 Å². The third-order valence-electron chi connectivity index (χ3n) is 5.21. The number of nitrogens with one attached hydrogen (secondary N) is 1. The lowest BCUT2D eigenvalue weighted by Crippen LogP contribution is -2.42. The standard InChI is InChI=1S/C25H28N2O5S/c1-19-10-9-13-22(20(19)2)27(33(29,30)21-11-5-4-6-12-21)18-25(28)26-16-17-32-24-15-8-7-14-23(24)31-3/h4-15H,16-18H2,1-3H3,(H,26,28). The predicted molar refractivity (Wildman–Crippen MR) is 128 cm³/mol. The van der Waals surface area contributed by atoms with Crippen molar-refractivity contribution in [3.8, 4) is 11.5 Å². The Morgan fingerprint density at radius 2 is 1.58 bits per heavy atom. The number of para-hydroxylation sites is 2. The van der Waals surface area contributed by atoms with Crippen molar-refractivity contribution < 1.29 is 22.7 Å². The van der Waals surface area contributed by atoms with Crippen LogP contribution in [-0.2, 0) is 14.8 Å². The highest BCUT2D eigenvalue weighted by Gasteiger charge is 2.28. The normalized spacial score (nSPS) is 11.0. The number of nitrogens with zero attached hydrogens (tertiary/aromatic N) is 1. The molecule has 0 aliphatic heterocycles. The number of sulfonamides is 1. The van der Waals surface area contributed by atoms with Crippen LogP contribution in [0.5, 0.6) is 11.5 Å². The first-order valence-corrected chi connectivity index (χ1v) is 11.9. The zero-order valence-electron chi connectivity index (χ0n) is 18.9. The molecule has 0 spiro atoms. The first kappa shape index (κ1) is 24.1. The molecule has 1 N–H and O–H groups in total. The number of carbonyl (C=O) groups is 1. The number of amides is 1.